The number of amides is 2. The van der Waals surface area contributed by atoms with Crippen LogP contribution in [-0.4, -0.2) is 39.6 Å². The number of carboxylic acids is 1. The summed E-state index contributed by atoms with van der Waals surface area (Å²) in [6.07, 6.45) is -1.36. The second-order valence-corrected chi connectivity index (χ2v) is 6.80. The van der Waals surface area contributed by atoms with Gasteiger partial charge in [0.25, 0.3) is 0 Å². The second-order valence-electron chi connectivity index (χ2n) is 5.88. The summed E-state index contributed by atoms with van der Waals surface area (Å²) in [5, 5.41) is 24.8. The molecule has 0 radical (unpaired) electrons. The Hall–Kier alpha value is -1.77. The highest BCUT2D eigenvalue weighted by Crippen LogP contribution is 2.47. The lowest BCUT2D eigenvalue weighted by molar-refractivity contribution is -0.154. The maximum Gasteiger partial charge on any atom is 0.327 e. The van der Waals surface area contributed by atoms with Gasteiger partial charge < -0.3 is 10.2 Å². The van der Waals surface area contributed by atoms with E-state index in [1.165, 1.54) is 6.92 Å². The molecule has 3 rings (SSSR count). The molecule has 0 aliphatic carbocycles. The van der Waals surface area contributed by atoms with Crippen molar-refractivity contribution in [2.45, 2.75) is 24.6 Å². The summed E-state index contributed by atoms with van der Waals surface area (Å²) in [4.78, 5) is 36.2. The molecule has 2 aliphatic heterocycles. The first kappa shape index (κ1) is 16.1. The summed E-state index contributed by atoms with van der Waals surface area (Å²) in [7, 11) is 0. The van der Waals surface area contributed by atoms with Crippen molar-refractivity contribution in [2.75, 3.05) is 0 Å². The quantitative estimate of drug-likeness (QED) is 0.554. The minimum atomic E-state index is -1.90. The largest absolute Gasteiger partial charge is 0.480 e. The number of aliphatic carboxylic acids is 1. The number of carbonyl (C=O) groups is 3. The van der Waals surface area contributed by atoms with Crippen molar-refractivity contribution >= 4 is 33.7 Å². The van der Waals surface area contributed by atoms with E-state index in [0.29, 0.717) is 5.56 Å². The highest BCUT2D eigenvalue weighted by molar-refractivity contribution is 9.10. The van der Waals surface area contributed by atoms with Crippen LogP contribution in [0.25, 0.3) is 0 Å². The number of fused-ring (bicyclic) bond motifs is 1. The van der Waals surface area contributed by atoms with Crippen LogP contribution in [0.2, 0.25) is 0 Å². The third-order valence-corrected chi connectivity index (χ3v) is 5.21. The Morgan fingerprint density at radius 1 is 1.26 bits per heavy atom. The Kier molecular flexibility index (Phi) is 3.78. The van der Waals surface area contributed by atoms with Gasteiger partial charge in [0.1, 0.15) is 0 Å². The molecular weight excluding hydrogens is 368 g/mol. The van der Waals surface area contributed by atoms with E-state index in [0.717, 1.165) is 4.47 Å². The lowest BCUT2D eigenvalue weighted by Crippen LogP contribution is -2.62. The van der Waals surface area contributed by atoms with Crippen LogP contribution in [0.15, 0.2) is 28.7 Å². The van der Waals surface area contributed by atoms with Gasteiger partial charge in [-0.1, -0.05) is 28.1 Å². The van der Waals surface area contributed by atoms with E-state index in [1.54, 1.807) is 24.3 Å². The lowest BCUT2D eigenvalue weighted by atomic mass is 9.76. The predicted molar refractivity (Wildman–Crippen MR) is 82.2 cm³/mol. The van der Waals surface area contributed by atoms with E-state index >= 15 is 0 Å². The SMILES string of the molecule is CC(O)C1(C(=O)O)NC(c2ccc(Br)cc2)C2C(=O)NC(=O)C21. The minimum Gasteiger partial charge on any atom is -0.480 e. The van der Waals surface area contributed by atoms with Crippen LogP contribution < -0.4 is 10.6 Å². The molecule has 0 spiro atoms. The van der Waals surface area contributed by atoms with Crippen LogP contribution in [0.3, 0.4) is 0 Å². The molecule has 2 amide bonds. The molecule has 5 unspecified atom stereocenters. The minimum absolute atomic E-state index is 0.524. The normalized spacial score (nSPS) is 34.1. The summed E-state index contributed by atoms with van der Waals surface area (Å²) in [6, 6.07) is 6.35. The predicted octanol–water partition coefficient (Wildman–Crippen LogP) is 0.186. The van der Waals surface area contributed by atoms with Crippen LogP contribution in [0.1, 0.15) is 18.5 Å². The first-order valence-electron chi connectivity index (χ1n) is 7.08. The maximum absolute atomic E-state index is 12.2. The van der Waals surface area contributed by atoms with Crippen molar-refractivity contribution in [1.82, 2.24) is 10.6 Å². The van der Waals surface area contributed by atoms with E-state index in [-0.39, 0.29) is 0 Å². The third kappa shape index (κ3) is 2.20. The number of nitrogens with one attached hydrogen (secondary N) is 2. The average molecular weight is 383 g/mol. The van der Waals surface area contributed by atoms with Gasteiger partial charge in [0.2, 0.25) is 11.8 Å². The highest BCUT2D eigenvalue weighted by atomic mass is 79.9. The second kappa shape index (κ2) is 5.40. The van der Waals surface area contributed by atoms with E-state index in [4.69, 9.17) is 0 Å². The fourth-order valence-corrected chi connectivity index (χ4v) is 3.85. The molecule has 122 valence electrons. The van der Waals surface area contributed by atoms with Crippen LogP contribution >= 0.6 is 15.9 Å². The average Bonchev–Trinajstić information content (AvgIpc) is 2.98. The lowest BCUT2D eigenvalue weighted by Gasteiger charge is -2.32. The topological polar surface area (TPSA) is 116 Å². The van der Waals surface area contributed by atoms with Crippen molar-refractivity contribution < 1.29 is 24.6 Å². The van der Waals surface area contributed by atoms with E-state index < -0.39 is 47.3 Å². The monoisotopic (exact) mass is 382 g/mol. The van der Waals surface area contributed by atoms with Crippen molar-refractivity contribution in [3.05, 3.63) is 34.3 Å². The van der Waals surface area contributed by atoms with Gasteiger partial charge in [0.05, 0.1) is 17.9 Å². The van der Waals surface area contributed by atoms with Crippen LogP contribution in [-0.2, 0) is 14.4 Å². The number of imide groups is 1. The number of halogens is 1. The number of carbonyl (C=O) groups excluding carboxylic acids is 2. The molecule has 2 aliphatic rings. The van der Waals surface area contributed by atoms with Gasteiger partial charge in [-0.05, 0) is 24.6 Å². The fraction of sp³-hybridized carbons (Fsp3) is 0.400. The molecule has 0 saturated carbocycles. The number of hydrogen-bond donors (Lipinski definition) is 4. The van der Waals surface area contributed by atoms with Crippen LogP contribution in [0.4, 0.5) is 0 Å². The fourth-order valence-electron chi connectivity index (χ4n) is 3.58. The molecule has 2 fully saturated rings. The van der Waals surface area contributed by atoms with E-state index in [9.17, 15) is 24.6 Å². The number of aliphatic hydroxyl groups excluding tert-OH is 1. The summed E-state index contributed by atoms with van der Waals surface area (Å²) >= 11 is 3.31. The summed E-state index contributed by atoms with van der Waals surface area (Å²) < 4.78 is 0.836. The van der Waals surface area contributed by atoms with Crippen LogP contribution in [0, 0.1) is 11.8 Å². The molecule has 8 heteroatoms. The molecule has 1 aromatic carbocycles. The van der Waals surface area contributed by atoms with Crippen molar-refractivity contribution in [1.29, 1.82) is 0 Å². The Morgan fingerprint density at radius 3 is 2.39 bits per heavy atom. The zero-order valence-electron chi connectivity index (χ0n) is 12.1. The molecule has 1 aromatic rings. The Morgan fingerprint density at radius 2 is 1.87 bits per heavy atom. The maximum atomic E-state index is 12.2. The molecule has 0 aromatic heterocycles. The zero-order chi connectivity index (χ0) is 16.9. The van der Waals surface area contributed by atoms with Crippen molar-refractivity contribution in [2.24, 2.45) is 11.8 Å². The third-order valence-electron chi connectivity index (χ3n) is 4.68. The number of carboxylic acid groups (broad SMARTS) is 1. The summed E-state index contributed by atoms with van der Waals surface area (Å²) in [5.74, 6) is -4.60. The Bertz CT molecular complexity index is 690. The molecule has 7 nitrogen and oxygen atoms in total. The highest BCUT2D eigenvalue weighted by Gasteiger charge is 2.68. The Balaban J connectivity index is 2.13. The first-order valence-corrected chi connectivity index (χ1v) is 7.87. The van der Waals surface area contributed by atoms with Gasteiger partial charge >= 0.3 is 5.97 Å². The number of rotatable bonds is 3. The standard InChI is InChI=1S/C15H15BrN2O5/c1-6(19)15(14(22)23)10-9(12(20)17-13(10)21)11(18-15)7-2-4-8(16)5-3-7/h2-6,9-11,18-19H,1H3,(H,22,23)(H,17,20,21). The van der Waals surface area contributed by atoms with Gasteiger partial charge in [0.15, 0.2) is 5.54 Å². The smallest absolute Gasteiger partial charge is 0.327 e. The molecule has 2 saturated heterocycles. The number of benzene rings is 1. The van der Waals surface area contributed by atoms with Gasteiger partial charge in [-0.2, -0.15) is 0 Å². The molecule has 4 N–H and O–H groups in total. The van der Waals surface area contributed by atoms with Gasteiger partial charge in [-0.3, -0.25) is 25.0 Å². The first-order chi connectivity index (χ1) is 10.8. The zero-order valence-corrected chi connectivity index (χ0v) is 13.7. The number of hydrogen-bond acceptors (Lipinski definition) is 5. The molecule has 2 heterocycles. The Labute approximate surface area is 140 Å². The van der Waals surface area contributed by atoms with Gasteiger partial charge in [-0.15, -0.1) is 0 Å². The van der Waals surface area contributed by atoms with Crippen molar-refractivity contribution in [3.63, 3.8) is 0 Å². The molecule has 5 atom stereocenters. The van der Waals surface area contributed by atoms with Crippen molar-refractivity contribution in [3.8, 4) is 0 Å². The summed E-state index contributed by atoms with van der Waals surface area (Å²) in [5.41, 5.74) is -1.23. The van der Waals surface area contributed by atoms with Gasteiger partial charge in [-0.25, -0.2) is 0 Å². The van der Waals surface area contributed by atoms with E-state index in [1.807, 2.05) is 0 Å². The van der Waals surface area contributed by atoms with Gasteiger partial charge in [0, 0.05) is 10.5 Å². The van der Waals surface area contributed by atoms with E-state index in [2.05, 4.69) is 26.6 Å². The molecule has 0 bridgehead atoms. The molecular formula is C15H15BrN2O5. The number of aliphatic hydroxyl groups is 1. The van der Waals surface area contributed by atoms with Crippen LogP contribution in [0.5, 0.6) is 0 Å². The summed E-state index contributed by atoms with van der Waals surface area (Å²) in [6.45, 7) is 1.30. The molecule has 23 heavy (non-hydrogen) atoms.